The Morgan fingerprint density at radius 2 is 1.96 bits per heavy atom. The van der Waals surface area contributed by atoms with E-state index in [1.54, 1.807) is 23.1 Å². The van der Waals surface area contributed by atoms with Gasteiger partial charge in [-0.2, -0.15) is 0 Å². The third kappa shape index (κ3) is 2.84. The second-order valence-electron chi connectivity index (χ2n) is 5.60. The van der Waals surface area contributed by atoms with Gasteiger partial charge in [0.2, 0.25) is 0 Å². The summed E-state index contributed by atoms with van der Waals surface area (Å²) < 4.78 is 5.52. The molecule has 2 aromatic rings. The first-order chi connectivity index (χ1) is 11.1. The summed E-state index contributed by atoms with van der Waals surface area (Å²) in [7, 11) is 0. The Balaban J connectivity index is 2.05. The molecule has 1 amide bonds. The minimum absolute atomic E-state index is 0.0191. The Bertz CT molecular complexity index is 740. The maximum atomic E-state index is 12.4. The van der Waals surface area contributed by atoms with Crippen LogP contribution in [0, 0.1) is 0 Å². The molecule has 4 heteroatoms. The molecule has 0 spiro atoms. The highest BCUT2D eigenvalue weighted by Crippen LogP contribution is 2.38. The number of amides is 1. The molecule has 0 aromatic heterocycles. The summed E-state index contributed by atoms with van der Waals surface area (Å²) in [5.41, 5.74) is 2.31. The lowest BCUT2D eigenvalue weighted by atomic mass is 10.0. The van der Waals surface area contributed by atoms with E-state index in [9.17, 15) is 9.59 Å². The SMILES string of the molecule is CCC(=O)c1ccc2c(c1)N(C(C)c1ccccc1)C(=O)CO2. The molecule has 0 radical (unpaired) electrons. The number of ketones is 1. The fraction of sp³-hybridized carbons (Fsp3) is 0.263. The van der Waals surface area contributed by atoms with E-state index in [1.807, 2.05) is 44.2 Å². The largest absolute Gasteiger partial charge is 0.482 e. The number of ether oxygens (including phenoxy) is 1. The van der Waals surface area contributed by atoms with Crippen LogP contribution in [-0.4, -0.2) is 18.3 Å². The van der Waals surface area contributed by atoms with Crippen molar-refractivity contribution < 1.29 is 14.3 Å². The van der Waals surface area contributed by atoms with E-state index in [0.717, 1.165) is 5.56 Å². The second-order valence-corrected chi connectivity index (χ2v) is 5.60. The van der Waals surface area contributed by atoms with Crippen LogP contribution in [0.5, 0.6) is 5.75 Å². The molecule has 1 atom stereocenters. The Morgan fingerprint density at radius 3 is 2.65 bits per heavy atom. The number of carbonyl (C=O) groups is 2. The van der Waals surface area contributed by atoms with Gasteiger partial charge in [0.25, 0.3) is 5.91 Å². The van der Waals surface area contributed by atoms with Crippen LogP contribution in [0.1, 0.15) is 42.2 Å². The smallest absolute Gasteiger partial charge is 0.265 e. The molecule has 4 nitrogen and oxygen atoms in total. The van der Waals surface area contributed by atoms with Crippen molar-refractivity contribution in [3.63, 3.8) is 0 Å². The van der Waals surface area contributed by atoms with Crippen molar-refractivity contribution in [2.45, 2.75) is 26.3 Å². The average molecular weight is 309 g/mol. The molecule has 23 heavy (non-hydrogen) atoms. The Morgan fingerprint density at radius 1 is 1.22 bits per heavy atom. The molecule has 1 aliphatic rings. The number of benzene rings is 2. The molecule has 0 saturated heterocycles. The number of hydrogen-bond acceptors (Lipinski definition) is 3. The van der Waals surface area contributed by atoms with Gasteiger partial charge in [-0.05, 0) is 30.7 Å². The minimum atomic E-state index is -0.127. The quantitative estimate of drug-likeness (QED) is 0.808. The first-order valence-electron chi connectivity index (χ1n) is 7.79. The standard InChI is InChI=1S/C19H19NO3/c1-3-17(21)15-9-10-18-16(11-15)20(19(22)12-23-18)13(2)14-7-5-4-6-8-14/h4-11,13H,3,12H2,1-2H3. The third-order valence-corrected chi connectivity index (χ3v) is 4.15. The Labute approximate surface area is 135 Å². The summed E-state index contributed by atoms with van der Waals surface area (Å²) in [4.78, 5) is 26.1. The van der Waals surface area contributed by atoms with Crippen molar-refractivity contribution in [2.24, 2.45) is 0 Å². The fourth-order valence-electron chi connectivity index (χ4n) is 2.85. The predicted octanol–water partition coefficient (Wildman–Crippen LogP) is 3.77. The molecule has 0 N–H and O–H groups in total. The van der Waals surface area contributed by atoms with Crippen LogP contribution >= 0.6 is 0 Å². The Hall–Kier alpha value is -2.62. The van der Waals surface area contributed by atoms with E-state index in [2.05, 4.69) is 0 Å². The molecule has 118 valence electrons. The Kier molecular flexibility index (Phi) is 4.15. The lowest BCUT2D eigenvalue weighted by Gasteiger charge is -2.34. The van der Waals surface area contributed by atoms with Gasteiger partial charge in [0, 0.05) is 12.0 Å². The van der Waals surface area contributed by atoms with E-state index in [1.165, 1.54) is 0 Å². The minimum Gasteiger partial charge on any atom is -0.482 e. The van der Waals surface area contributed by atoms with Gasteiger partial charge < -0.3 is 4.74 Å². The summed E-state index contributed by atoms with van der Waals surface area (Å²) >= 11 is 0. The predicted molar refractivity (Wildman–Crippen MR) is 88.9 cm³/mol. The molecule has 1 heterocycles. The van der Waals surface area contributed by atoms with E-state index in [4.69, 9.17) is 4.74 Å². The van der Waals surface area contributed by atoms with Crippen LogP contribution in [0.15, 0.2) is 48.5 Å². The van der Waals surface area contributed by atoms with Crippen molar-refractivity contribution in [1.82, 2.24) is 0 Å². The summed E-state index contributed by atoms with van der Waals surface area (Å²) in [6.07, 6.45) is 0.432. The summed E-state index contributed by atoms with van der Waals surface area (Å²) in [5, 5.41) is 0. The van der Waals surface area contributed by atoms with Crippen molar-refractivity contribution in [1.29, 1.82) is 0 Å². The van der Waals surface area contributed by atoms with E-state index in [0.29, 0.717) is 23.4 Å². The van der Waals surface area contributed by atoms with Crippen LogP contribution < -0.4 is 9.64 Å². The molecule has 0 fully saturated rings. The zero-order chi connectivity index (χ0) is 16.4. The molecular weight excluding hydrogens is 290 g/mol. The number of Topliss-reactive ketones (excluding diaryl/α,β-unsaturated/α-hetero) is 1. The zero-order valence-corrected chi connectivity index (χ0v) is 13.3. The van der Waals surface area contributed by atoms with Crippen LogP contribution in [-0.2, 0) is 4.79 Å². The first kappa shape index (κ1) is 15.3. The highest BCUT2D eigenvalue weighted by Gasteiger charge is 2.30. The van der Waals surface area contributed by atoms with Gasteiger partial charge in [-0.25, -0.2) is 0 Å². The van der Waals surface area contributed by atoms with Crippen molar-refractivity contribution in [3.8, 4) is 5.75 Å². The van der Waals surface area contributed by atoms with Crippen LogP contribution in [0.4, 0.5) is 5.69 Å². The summed E-state index contributed by atoms with van der Waals surface area (Å²) in [6.45, 7) is 3.83. The molecule has 0 saturated carbocycles. The first-order valence-corrected chi connectivity index (χ1v) is 7.79. The normalized spacial score (nSPS) is 14.9. The lowest BCUT2D eigenvalue weighted by molar-refractivity contribution is -0.121. The van der Waals surface area contributed by atoms with Gasteiger partial charge in [-0.15, -0.1) is 0 Å². The fourth-order valence-corrected chi connectivity index (χ4v) is 2.85. The number of anilines is 1. The maximum Gasteiger partial charge on any atom is 0.265 e. The number of hydrogen-bond donors (Lipinski definition) is 0. The topological polar surface area (TPSA) is 46.6 Å². The van der Waals surface area contributed by atoms with Crippen LogP contribution in [0.25, 0.3) is 0 Å². The van der Waals surface area contributed by atoms with Crippen LogP contribution in [0.2, 0.25) is 0 Å². The monoisotopic (exact) mass is 309 g/mol. The molecule has 1 unspecified atom stereocenters. The van der Waals surface area contributed by atoms with Gasteiger partial charge in [0.05, 0.1) is 11.7 Å². The zero-order valence-electron chi connectivity index (χ0n) is 13.3. The van der Waals surface area contributed by atoms with Gasteiger partial charge in [-0.1, -0.05) is 37.3 Å². The average Bonchev–Trinajstić information content (AvgIpc) is 2.60. The van der Waals surface area contributed by atoms with E-state index >= 15 is 0 Å². The molecular formula is C19H19NO3. The van der Waals surface area contributed by atoms with Crippen molar-refractivity contribution in [3.05, 3.63) is 59.7 Å². The van der Waals surface area contributed by atoms with Crippen molar-refractivity contribution >= 4 is 17.4 Å². The van der Waals surface area contributed by atoms with Crippen molar-refractivity contribution in [2.75, 3.05) is 11.5 Å². The number of rotatable bonds is 4. The summed E-state index contributed by atoms with van der Waals surface area (Å²) in [5.74, 6) is 0.591. The van der Waals surface area contributed by atoms with Gasteiger partial charge in [-0.3, -0.25) is 14.5 Å². The van der Waals surface area contributed by atoms with E-state index < -0.39 is 0 Å². The van der Waals surface area contributed by atoms with Crippen LogP contribution in [0.3, 0.4) is 0 Å². The molecule has 3 rings (SSSR count). The van der Waals surface area contributed by atoms with Gasteiger partial charge in [0.1, 0.15) is 5.75 Å². The second kappa shape index (κ2) is 6.24. The highest BCUT2D eigenvalue weighted by molar-refractivity contribution is 6.02. The number of carbonyl (C=O) groups excluding carboxylic acids is 2. The number of fused-ring (bicyclic) bond motifs is 1. The van der Waals surface area contributed by atoms with E-state index in [-0.39, 0.29) is 24.3 Å². The summed E-state index contributed by atoms with van der Waals surface area (Å²) in [6, 6.07) is 15.0. The highest BCUT2D eigenvalue weighted by atomic mass is 16.5. The lowest BCUT2D eigenvalue weighted by Crippen LogP contribution is -2.40. The molecule has 2 aromatic carbocycles. The molecule has 1 aliphatic heterocycles. The number of nitrogens with zero attached hydrogens (tertiary/aromatic N) is 1. The maximum absolute atomic E-state index is 12.4. The van der Waals surface area contributed by atoms with Gasteiger partial charge >= 0.3 is 0 Å². The molecule has 0 aliphatic carbocycles. The van der Waals surface area contributed by atoms with Gasteiger partial charge in [0.15, 0.2) is 12.4 Å². The molecule has 0 bridgehead atoms. The third-order valence-electron chi connectivity index (χ3n) is 4.15.